The van der Waals surface area contributed by atoms with E-state index in [1.807, 2.05) is 11.8 Å². The Hall–Kier alpha value is -0.0900. The fourth-order valence-electron chi connectivity index (χ4n) is 2.40. The second kappa shape index (κ2) is 5.05. The smallest absolute Gasteiger partial charge is 0.225 e. The van der Waals surface area contributed by atoms with Crippen LogP contribution in [0, 0.1) is 11.8 Å². The van der Waals surface area contributed by atoms with Crippen LogP contribution in [0.4, 0.5) is 0 Å². The van der Waals surface area contributed by atoms with E-state index in [1.165, 1.54) is 12.8 Å². The number of amides is 1. The summed E-state index contributed by atoms with van der Waals surface area (Å²) in [6.45, 7) is 5.60. The Morgan fingerprint density at radius 3 is 2.75 bits per heavy atom. The number of carbonyl (C=O) groups is 1. The van der Waals surface area contributed by atoms with Crippen LogP contribution in [0.5, 0.6) is 0 Å². The molecule has 4 heteroatoms. The highest BCUT2D eigenvalue weighted by Crippen LogP contribution is 2.37. The highest BCUT2D eigenvalue weighted by atomic mass is 79.9. The molecule has 1 heterocycles. The zero-order chi connectivity index (χ0) is 11.7. The lowest BCUT2D eigenvalue weighted by Gasteiger charge is -2.37. The summed E-state index contributed by atoms with van der Waals surface area (Å²) in [5.41, 5.74) is 0. The highest BCUT2D eigenvalue weighted by Gasteiger charge is 2.37. The molecule has 0 N–H and O–H groups in total. The van der Waals surface area contributed by atoms with Crippen molar-refractivity contribution in [2.45, 2.75) is 38.9 Å². The summed E-state index contributed by atoms with van der Waals surface area (Å²) >= 11 is 3.43. The maximum atomic E-state index is 12.2. The molecule has 1 aliphatic carbocycles. The van der Waals surface area contributed by atoms with Gasteiger partial charge in [-0.1, -0.05) is 22.9 Å². The second-order valence-electron chi connectivity index (χ2n) is 5.09. The Bertz CT molecular complexity index is 268. The Kier molecular flexibility index (Phi) is 3.90. The lowest BCUT2D eigenvalue weighted by atomic mass is 10.0. The van der Waals surface area contributed by atoms with Crippen LogP contribution in [0.25, 0.3) is 0 Å². The molecule has 0 bridgehead atoms. The Balaban J connectivity index is 1.93. The first-order valence-corrected chi connectivity index (χ1v) is 7.24. The molecule has 92 valence electrons. The highest BCUT2D eigenvalue weighted by molar-refractivity contribution is 9.09. The lowest BCUT2D eigenvalue weighted by Crippen LogP contribution is -2.51. The van der Waals surface area contributed by atoms with Gasteiger partial charge in [0.2, 0.25) is 5.91 Å². The van der Waals surface area contributed by atoms with Gasteiger partial charge in [0.1, 0.15) is 0 Å². The van der Waals surface area contributed by atoms with E-state index >= 15 is 0 Å². The summed E-state index contributed by atoms with van der Waals surface area (Å²) in [5, 5.41) is 0.804. The van der Waals surface area contributed by atoms with E-state index in [9.17, 15) is 4.79 Å². The van der Waals surface area contributed by atoms with E-state index in [2.05, 4.69) is 22.9 Å². The molecule has 0 aromatic heterocycles. The van der Waals surface area contributed by atoms with Gasteiger partial charge in [0, 0.05) is 24.3 Å². The van der Waals surface area contributed by atoms with Gasteiger partial charge < -0.3 is 9.64 Å². The second-order valence-corrected chi connectivity index (χ2v) is 5.74. The number of ether oxygens (including phenoxy) is 1. The predicted molar refractivity (Wildman–Crippen MR) is 66.6 cm³/mol. The van der Waals surface area contributed by atoms with Crippen molar-refractivity contribution in [1.29, 1.82) is 0 Å². The number of hydrogen-bond donors (Lipinski definition) is 0. The fraction of sp³-hybridized carbons (Fsp3) is 0.917. The van der Waals surface area contributed by atoms with Crippen LogP contribution >= 0.6 is 15.9 Å². The maximum Gasteiger partial charge on any atom is 0.225 e. The van der Waals surface area contributed by atoms with Crippen molar-refractivity contribution in [1.82, 2.24) is 4.90 Å². The number of halogens is 1. The Morgan fingerprint density at radius 1 is 1.50 bits per heavy atom. The average molecular weight is 290 g/mol. The molecule has 3 atom stereocenters. The van der Waals surface area contributed by atoms with Crippen LogP contribution in [0.1, 0.15) is 26.7 Å². The van der Waals surface area contributed by atoms with Crippen molar-refractivity contribution < 1.29 is 9.53 Å². The number of rotatable bonds is 3. The predicted octanol–water partition coefficient (Wildman–Crippen LogP) is 2.04. The van der Waals surface area contributed by atoms with Crippen molar-refractivity contribution in [2.24, 2.45) is 11.8 Å². The van der Waals surface area contributed by atoms with E-state index < -0.39 is 0 Å². The molecule has 3 nitrogen and oxygen atoms in total. The van der Waals surface area contributed by atoms with Gasteiger partial charge in [-0.3, -0.25) is 4.79 Å². The van der Waals surface area contributed by atoms with Crippen LogP contribution in [-0.2, 0) is 9.53 Å². The van der Waals surface area contributed by atoms with Crippen LogP contribution < -0.4 is 0 Å². The fourth-order valence-corrected chi connectivity index (χ4v) is 2.75. The zero-order valence-corrected chi connectivity index (χ0v) is 11.6. The summed E-state index contributed by atoms with van der Waals surface area (Å²) in [7, 11) is 0. The molecule has 1 saturated carbocycles. The quantitative estimate of drug-likeness (QED) is 0.744. The van der Waals surface area contributed by atoms with Crippen molar-refractivity contribution in [2.75, 3.05) is 18.4 Å². The number of morpholine rings is 1. The molecular formula is C12H20BrNO2. The van der Waals surface area contributed by atoms with Crippen LogP contribution in [0.3, 0.4) is 0 Å². The summed E-state index contributed by atoms with van der Waals surface area (Å²) in [4.78, 5) is 14.2. The number of carbonyl (C=O) groups excluding carboxylic acids is 1. The van der Waals surface area contributed by atoms with Gasteiger partial charge in [-0.05, 0) is 25.7 Å². The third-order valence-corrected chi connectivity index (χ3v) is 4.25. The summed E-state index contributed by atoms with van der Waals surface area (Å²) in [6.07, 6.45) is 2.77. The van der Waals surface area contributed by atoms with Gasteiger partial charge in [0.15, 0.2) is 0 Å². The SMILES string of the molecule is CC1CN(C(=O)C(C)C2CC2)CC(CBr)O1. The molecule has 0 aromatic carbocycles. The summed E-state index contributed by atoms with van der Waals surface area (Å²) in [6, 6.07) is 0. The number of hydrogen-bond acceptors (Lipinski definition) is 2. The minimum atomic E-state index is 0.152. The molecule has 3 unspecified atom stereocenters. The monoisotopic (exact) mass is 289 g/mol. The normalized spacial score (nSPS) is 32.6. The molecule has 2 rings (SSSR count). The van der Waals surface area contributed by atoms with Crippen LogP contribution in [-0.4, -0.2) is 41.4 Å². The first-order valence-electron chi connectivity index (χ1n) is 6.12. The van der Waals surface area contributed by atoms with Crippen molar-refractivity contribution in [3.05, 3.63) is 0 Å². The van der Waals surface area contributed by atoms with Crippen LogP contribution in [0.2, 0.25) is 0 Å². The van der Waals surface area contributed by atoms with Crippen molar-refractivity contribution in [3.63, 3.8) is 0 Å². The first kappa shape index (κ1) is 12.4. The molecule has 0 spiro atoms. The Labute approximate surface area is 106 Å². The van der Waals surface area contributed by atoms with E-state index in [-0.39, 0.29) is 18.1 Å². The third-order valence-electron chi connectivity index (χ3n) is 3.53. The topological polar surface area (TPSA) is 29.5 Å². The molecular weight excluding hydrogens is 270 g/mol. The summed E-state index contributed by atoms with van der Waals surface area (Å²) < 4.78 is 5.73. The molecule has 16 heavy (non-hydrogen) atoms. The largest absolute Gasteiger partial charge is 0.371 e. The molecule has 0 aromatic rings. The minimum Gasteiger partial charge on any atom is -0.371 e. The molecule has 2 fully saturated rings. The third kappa shape index (κ3) is 2.77. The minimum absolute atomic E-state index is 0.152. The molecule has 1 amide bonds. The van der Waals surface area contributed by atoms with E-state index in [0.717, 1.165) is 18.4 Å². The van der Waals surface area contributed by atoms with Crippen LogP contribution in [0.15, 0.2) is 0 Å². The van der Waals surface area contributed by atoms with Crippen molar-refractivity contribution >= 4 is 21.8 Å². The lowest BCUT2D eigenvalue weighted by molar-refractivity contribution is -0.147. The standard InChI is InChI=1S/C12H20BrNO2/c1-8-6-14(7-11(5-13)16-8)12(15)9(2)10-3-4-10/h8-11H,3-7H2,1-2H3. The van der Waals surface area contributed by atoms with Gasteiger partial charge in [-0.15, -0.1) is 0 Å². The van der Waals surface area contributed by atoms with Gasteiger partial charge in [0.25, 0.3) is 0 Å². The molecule has 1 saturated heterocycles. The van der Waals surface area contributed by atoms with Gasteiger partial charge in [0.05, 0.1) is 12.2 Å². The summed E-state index contributed by atoms with van der Waals surface area (Å²) in [5.74, 6) is 1.18. The number of nitrogens with zero attached hydrogens (tertiary/aromatic N) is 1. The molecule has 1 aliphatic heterocycles. The zero-order valence-electron chi connectivity index (χ0n) is 9.99. The van der Waals surface area contributed by atoms with E-state index in [4.69, 9.17) is 4.74 Å². The first-order chi connectivity index (χ1) is 7.61. The molecule has 2 aliphatic rings. The molecule has 0 radical (unpaired) electrons. The van der Waals surface area contributed by atoms with E-state index in [1.54, 1.807) is 0 Å². The van der Waals surface area contributed by atoms with Gasteiger partial charge in [-0.25, -0.2) is 0 Å². The average Bonchev–Trinajstić information content (AvgIpc) is 3.10. The van der Waals surface area contributed by atoms with Crippen molar-refractivity contribution in [3.8, 4) is 0 Å². The number of alkyl halides is 1. The van der Waals surface area contributed by atoms with Gasteiger partial charge >= 0.3 is 0 Å². The maximum absolute atomic E-state index is 12.2. The van der Waals surface area contributed by atoms with Gasteiger partial charge in [-0.2, -0.15) is 0 Å². The van der Waals surface area contributed by atoms with E-state index in [0.29, 0.717) is 11.8 Å². The Morgan fingerprint density at radius 2 is 2.19 bits per heavy atom.